The van der Waals surface area contributed by atoms with E-state index in [0.29, 0.717) is 5.56 Å². The lowest BCUT2D eigenvalue weighted by Crippen LogP contribution is -2.02. The molecule has 0 aliphatic carbocycles. The van der Waals surface area contributed by atoms with Gasteiger partial charge >= 0.3 is 5.97 Å². The number of nitriles is 1. The summed E-state index contributed by atoms with van der Waals surface area (Å²) in [6.07, 6.45) is 1.24. The van der Waals surface area contributed by atoms with E-state index in [1.54, 1.807) is 6.07 Å². The number of ether oxygens (including phenoxy) is 2. The van der Waals surface area contributed by atoms with Gasteiger partial charge in [-0.1, -0.05) is 6.07 Å². The van der Waals surface area contributed by atoms with E-state index in [2.05, 4.69) is 4.74 Å². The molecule has 0 N–H and O–H groups in total. The van der Waals surface area contributed by atoms with Crippen LogP contribution in [0.4, 0.5) is 4.39 Å². The number of nitrogens with zero attached hydrogens (tertiary/aromatic N) is 1. The lowest BCUT2D eigenvalue weighted by atomic mass is 10.1. The summed E-state index contributed by atoms with van der Waals surface area (Å²) in [7, 11) is 2.52. The zero-order chi connectivity index (χ0) is 12.8. The van der Waals surface area contributed by atoms with E-state index in [1.807, 2.05) is 0 Å². The summed E-state index contributed by atoms with van der Waals surface area (Å²) in [4.78, 5) is 11.1. The molecule has 0 fully saturated rings. The predicted octanol–water partition coefficient (Wildman–Crippen LogP) is 1.91. The highest BCUT2D eigenvalue weighted by Crippen LogP contribution is 2.19. The first kappa shape index (κ1) is 12.7. The molecule has 4 nitrogen and oxygen atoms in total. The van der Waals surface area contributed by atoms with E-state index in [0.717, 1.165) is 0 Å². The zero-order valence-corrected chi connectivity index (χ0v) is 9.36. The SMILES string of the molecule is COC(=O)/C(C#N)=C/c1ccc(OC)c(F)c1. The average Bonchev–Trinajstić information content (AvgIpc) is 2.35. The van der Waals surface area contributed by atoms with Crippen LogP contribution >= 0.6 is 0 Å². The summed E-state index contributed by atoms with van der Waals surface area (Å²) in [6.45, 7) is 0. The van der Waals surface area contributed by atoms with Crippen LogP contribution in [0.15, 0.2) is 23.8 Å². The molecule has 1 aromatic rings. The first-order valence-corrected chi connectivity index (χ1v) is 4.66. The van der Waals surface area contributed by atoms with Gasteiger partial charge in [-0.15, -0.1) is 0 Å². The second-order valence-corrected chi connectivity index (χ2v) is 3.06. The lowest BCUT2D eigenvalue weighted by molar-refractivity contribution is -0.135. The number of rotatable bonds is 3. The summed E-state index contributed by atoms with van der Waals surface area (Å²) in [5.74, 6) is -1.23. The van der Waals surface area contributed by atoms with Gasteiger partial charge in [-0.25, -0.2) is 9.18 Å². The van der Waals surface area contributed by atoms with E-state index in [-0.39, 0.29) is 11.3 Å². The molecule has 0 bridgehead atoms. The van der Waals surface area contributed by atoms with Gasteiger partial charge in [0.05, 0.1) is 14.2 Å². The standard InChI is InChI=1S/C12H10FNO3/c1-16-11-4-3-8(6-10(11)13)5-9(7-14)12(15)17-2/h3-6H,1-2H3/b9-5+. The maximum atomic E-state index is 13.3. The van der Waals surface area contributed by atoms with Gasteiger partial charge in [-0.3, -0.25) is 0 Å². The number of hydrogen-bond donors (Lipinski definition) is 0. The Bertz CT molecular complexity index is 503. The van der Waals surface area contributed by atoms with E-state index < -0.39 is 11.8 Å². The molecule has 88 valence electrons. The van der Waals surface area contributed by atoms with Crippen LogP contribution in [0.5, 0.6) is 5.75 Å². The number of carbonyl (C=O) groups is 1. The molecular weight excluding hydrogens is 225 g/mol. The topological polar surface area (TPSA) is 59.3 Å². The van der Waals surface area contributed by atoms with E-state index in [4.69, 9.17) is 10.00 Å². The highest BCUT2D eigenvalue weighted by molar-refractivity contribution is 5.97. The second-order valence-electron chi connectivity index (χ2n) is 3.06. The molecule has 0 radical (unpaired) electrons. The number of hydrogen-bond acceptors (Lipinski definition) is 4. The van der Waals surface area contributed by atoms with Crippen LogP contribution in [0.1, 0.15) is 5.56 Å². The minimum Gasteiger partial charge on any atom is -0.494 e. The molecule has 0 aromatic heterocycles. The largest absolute Gasteiger partial charge is 0.494 e. The molecule has 0 spiro atoms. The molecule has 0 aliphatic rings. The maximum absolute atomic E-state index is 13.3. The van der Waals surface area contributed by atoms with Crippen molar-refractivity contribution in [1.29, 1.82) is 5.26 Å². The van der Waals surface area contributed by atoms with Crippen LogP contribution in [0.25, 0.3) is 6.08 Å². The molecule has 0 atom stereocenters. The van der Waals surface area contributed by atoms with Gasteiger partial charge < -0.3 is 9.47 Å². The number of carbonyl (C=O) groups excluding carboxylic acids is 1. The van der Waals surface area contributed by atoms with Crippen LogP contribution in [0.2, 0.25) is 0 Å². The fourth-order valence-electron chi connectivity index (χ4n) is 1.19. The molecule has 5 heteroatoms. The monoisotopic (exact) mass is 235 g/mol. The number of esters is 1. The summed E-state index contributed by atoms with van der Waals surface area (Å²) in [6, 6.07) is 5.79. The highest BCUT2D eigenvalue weighted by Gasteiger charge is 2.09. The van der Waals surface area contributed by atoms with E-state index in [1.165, 1.54) is 38.5 Å². The number of methoxy groups -OCH3 is 2. The fourth-order valence-corrected chi connectivity index (χ4v) is 1.19. The first-order chi connectivity index (χ1) is 8.12. The van der Waals surface area contributed by atoms with E-state index >= 15 is 0 Å². The maximum Gasteiger partial charge on any atom is 0.348 e. The Balaban J connectivity index is 3.10. The van der Waals surface area contributed by atoms with E-state index in [9.17, 15) is 9.18 Å². The van der Waals surface area contributed by atoms with Crippen molar-refractivity contribution >= 4 is 12.0 Å². The highest BCUT2D eigenvalue weighted by atomic mass is 19.1. The molecule has 0 heterocycles. The fraction of sp³-hybridized carbons (Fsp3) is 0.167. The quantitative estimate of drug-likeness (QED) is 0.456. The third-order valence-corrected chi connectivity index (χ3v) is 2.01. The molecule has 1 rings (SSSR count). The molecule has 1 aromatic carbocycles. The molecule has 17 heavy (non-hydrogen) atoms. The Hall–Kier alpha value is -2.35. The first-order valence-electron chi connectivity index (χ1n) is 4.66. The molecule has 0 amide bonds. The van der Waals surface area contributed by atoms with Crippen molar-refractivity contribution in [2.45, 2.75) is 0 Å². The normalized spacial score (nSPS) is 10.6. The van der Waals surface area contributed by atoms with Crippen LogP contribution < -0.4 is 4.74 Å². The van der Waals surface area contributed by atoms with Crippen LogP contribution in [-0.4, -0.2) is 20.2 Å². The second kappa shape index (κ2) is 5.66. The predicted molar refractivity (Wildman–Crippen MR) is 58.6 cm³/mol. The van der Waals surface area contributed by atoms with Crippen molar-refractivity contribution in [2.24, 2.45) is 0 Å². The van der Waals surface area contributed by atoms with Crippen LogP contribution in [-0.2, 0) is 9.53 Å². The minimum absolute atomic E-state index is 0.0960. The minimum atomic E-state index is -0.760. The van der Waals surface area contributed by atoms with Gasteiger partial charge in [0.25, 0.3) is 0 Å². The van der Waals surface area contributed by atoms with Gasteiger partial charge in [0, 0.05) is 0 Å². The molecule has 0 unspecified atom stereocenters. The summed E-state index contributed by atoms with van der Waals surface area (Å²) < 4.78 is 22.5. The summed E-state index contributed by atoms with van der Waals surface area (Å²) in [5.41, 5.74) is 0.183. The van der Waals surface area contributed by atoms with Gasteiger partial charge in [-0.05, 0) is 23.8 Å². The Morgan fingerprint density at radius 3 is 2.65 bits per heavy atom. The van der Waals surface area contributed by atoms with Crippen molar-refractivity contribution in [3.05, 3.63) is 35.2 Å². The van der Waals surface area contributed by atoms with Crippen molar-refractivity contribution in [3.8, 4) is 11.8 Å². The third-order valence-electron chi connectivity index (χ3n) is 2.01. The van der Waals surface area contributed by atoms with Gasteiger partial charge in [0.15, 0.2) is 11.6 Å². The van der Waals surface area contributed by atoms with Crippen molar-refractivity contribution in [2.75, 3.05) is 14.2 Å². The smallest absolute Gasteiger partial charge is 0.348 e. The third kappa shape index (κ3) is 3.05. The Morgan fingerprint density at radius 1 is 1.47 bits per heavy atom. The van der Waals surface area contributed by atoms with Crippen LogP contribution in [0.3, 0.4) is 0 Å². The Labute approximate surface area is 97.9 Å². The average molecular weight is 235 g/mol. The zero-order valence-electron chi connectivity index (χ0n) is 9.36. The Morgan fingerprint density at radius 2 is 2.18 bits per heavy atom. The molecule has 0 aliphatic heterocycles. The summed E-state index contributed by atoms with van der Waals surface area (Å²) in [5, 5.41) is 8.72. The number of halogens is 1. The summed E-state index contributed by atoms with van der Waals surface area (Å²) >= 11 is 0. The number of benzene rings is 1. The van der Waals surface area contributed by atoms with Gasteiger partial charge in [-0.2, -0.15) is 5.26 Å². The van der Waals surface area contributed by atoms with Gasteiger partial charge in [0.1, 0.15) is 11.6 Å². The molecule has 0 saturated carbocycles. The van der Waals surface area contributed by atoms with Crippen molar-refractivity contribution in [1.82, 2.24) is 0 Å². The van der Waals surface area contributed by atoms with Crippen LogP contribution in [0, 0.1) is 17.1 Å². The van der Waals surface area contributed by atoms with Gasteiger partial charge in [0.2, 0.25) is 0 Å². The lowest BCUT2D eigenvalue weighted by Gasteiger charge is -2.02. The van der Waals surface area contributed by atoms with Crippen molar-refractivity contribution in [3.63, 3.8) is 0 Å². The Kier molecular flexibility index (Phi) is 4.23. The molecular formula is C12H10FNO3. The van der Waals surface area contributed by atoms with Crippen molar-refractivity contribution < 1.29 is 18.7 Å². The molecule has 0 saturated heterocycles.